The molecule has 2 rings (SSSR count). The minimum Gasteiger partial charge on any atom is -1.00 e. The third-order valence-electron chi connectivity index (χ3n) is 2.81. The standard InChI is InChI=1S/C7H9.C5H5.2ClH.Zr/c1-6-4-3-5-7(6)2;1-2-4-5-3-1;;;/h3-5H,1-2H3;1-5H;2*1H;/q;;;;+2/p-2. The summed E-state index contributed by atoms with van der Waals surface area (Å²) in [7, 11) is 0. The molecule has 0 aromatic carbocycles. The number of rotatable bonds is 2. The Balaban J connectivity index is 0.000000980. The van der Waals surface area contributed by atoms with Crippen molar-refractivity contribution in [3.8, 4) is 0 Å². The summed E-state index contributed by atoms with van der Waals surface area (Å²) in [4.78, 5) is 0. The van der Waals surface area contributed by atoms with Gasteiger partial charge in [0.25, 0.3) is 0 Å². The van der Waals surface area contributed by atoms with Gasteiger partial charge >= 0.3 is 91.9 Å². The Morgan fingerprint density at radius 1 is 1.13 bits per heavy atom. The summed E-state index contributed by atoms with van der Waals surface area (Å²) in [6.07, 6.45) is 16.0. The molecule has 0 aromatic heterocycles. The van der Waals surface area contributed by atoms with E-state index in [0.717, 1.165) is 3.63 Å². The first-order valence-electron chi connectivity index (χ1n) is 4.70. The monoisotopic (exact) mass is 318 g/mol. The Labute approximate surface area is 116 Å². The fourth-order valence-corrected chi connectivity index (χ4v) is 5.68. The average molecular weight is 320 g/mol. The Morgan fingerprint density at radius 3 is 2.20 bits per heavy atom. The quantitative estimate of drug-likeness (QED) is 0.536. The van der Waals surface area contributed by atoms with Crippen molar-refractivity contribution in [3.63, 3.8) is 0 Å². The van der Waals surface area contributed by atoms with E-state index in [9.17, 15) is 0 Å². The second-order valence-corrected chi connectivity index (χ2v) is 8.75. The van der Waals surface area contributed by atoms with E-state index in [1.54, 1.807) is 5.57 Å². The summed E-state index contributed by atoms with van der Waals surface area (Å²) >= 11 is -0.403. The van der Waals surface area contributed by atoms with Crippen LogP contribution in [0.1, 0.15) is 13.8 Å². The zero-order chi connectivity index (χ0) is 9.31. The second kappa shape index (κ2) is 6.23. The molecule has 1 atom stereocenters. The molecular formula is C12H14Cl2Zr. The maximum atomic E-state index is 2.40. The minimum atomic E-state index is -0.403. The van der Waals surface area contributed by atoms with E-state index in [1.165, 1.54) is 0 Å². The first-order valence-corrected chi connectivity index (χ1v) is 7.35. The molecule has 0 amide bonds. The van der Waals surface area contributed by atoms with Crippen LogP contribution in [-0.4, -0.2) is 0 Å². The molecule has 0 fully saturated rings. The van der Waals surface area contributed by atoms with Crippen molar-refractivity contribution in [1.29, 1.82) is 0 Å². The van der Waals surface area contributed by atoms with Gasteiger partial charge in [-0.2, -0.15) is 0 Å². The molecule has 2 aliphatic rings. The second-order valence-electron chi connectivity index (χ2n) is 3.85. The zero-order valence-electron chi connectivity index (χ0n) is 8.87. The van der Waals surface area contributed by atoms with E-state index in [0.29, 0.717) is 3.12 Å². The van der Waals surface area contributed by atoms with Crippen LogP contribution in [-0.2, 0) is 23.2 Å². The van der Waals surface area contributed by atoms with Crippen molar-refractivity contribution in [2.75, 3.05) is 0 Å². The van der Waals surface area contributed by atoms with E-state index < -0.39 is 23.2 Å². The SMILES string of the molecule is CC1=CC=C[C]1(C)[Zr+2][CH]1C=CC=C1.[Cl-].[Cl-]. The van der Waals surface area contributed by atoms with Gasteiger partial charge < -0.3 is 24.8 Å². The first kappa shape index (κ1) is 15.4. The maximum Gasteiger partial charge on any atom is -1.00 e. The molecule has 1 unspecified atom stereocenters. The molecule has 0 spiro atoms. The van der Waals surface area contributed by atoms with Crippen LogP contribution in [0.15, 0.2) is 48.1 Å². The first-order chi connectivity index (χ1) is 6.21. The Kier molecular flexibility index (Phi) is 6.41. The molecule has 0 heterocycles. The summed E-state index contributed by atoms with van der Waals surface area (Å²) in [6.45, 7) is 4.66. The van der Waals surface area contributed by atoms with Crippen LogP contribution in [0, 0.1) is 0 Å². The molecule has 0 aliphatic heterocycles. The summed E-state index contributed by atoms with van der Waals surface area (Å²) in [5, 5.41) is 0. The molecule has 2 aliphatic carbocycles. The fraction of sp³-hybridized carbons (Fsp3) is 0.333. The van der Waals surface area contributed by atoms with E-state index in [2.05, 4.69) is 56.4 Å². The summed E-state index contributed by atoms with van der Waals surface area (Å²) < 4.78 is 1.27. The van der Waals surface area contributed by atoms with Crippen molar-refractivity contribution in [3.05, 3.63) is 48.1 Å². The van der Waals surface area contributed by atoms with Crippen molar-refractivity contribution in [1.82, 2.24) is 0 Å². The molecule has 0 saturated carbocycles. The molecule has 0 nitrogen and oxygen atoms in total. The molecule has 80 valence electrons. The van der Waals surface area contributed by atoms with Gasteiger partial charge in [-0.1, -0.05) is 0 Å². The summed E-state index contributed by atoms with van der Waals surface area (Å²) in [5.41, 5.74) is 1.56. The molecular weight excluding hydrogens is 306 g/mol. The summed E-state index contributed by atoms with van der Waals surface area (Å²) in [5.74, 6) is 0. The van der Waals surface area contributed by atoms with Crippen LogP contribution in [0.2, 0.25) is 6.75 Å². The van der Waals surface area contributed by atoms with Gasteiger partial charge in [-0.15, -0.1) is 0 Å². The third-order valence-corrected chi connectivity index (χ3v) is 7.43. The zero-order valence-corrected chi connectivity index (χ0v) is 12.8. The van der Waals surface area contributed by atoms with Gasteiger partial charge in [0, 0.05) is 0 Å². The number of allylic oxidation sites excluding steroid dienone is 8. The van der Waals surface area contributed by atoms with Crippen LogP contribution in [0.5, 0.6) is 0 Å². The predicted molar refractivity (Wildman–Crippen MR) is 53.3 cm³/mol. The van der Waals surface area contributed by atoms with E-state index in [1.807, 2.05) is 0 Å². The van der Waals surface area contributed by atoms with Gasteiger partial charge in [0.15, 0.2) is 0 Å². The van der Waals surface area contributed by atoms with Crippen molar-refractivity contribution in [2.45, 2.75) is 20.6 Å². The number of hydrogen-bond acceptors (Lipinski definition) is 0. The molecule has 0 N–H and O–H groups in total. The van der Waals surface area contributed by atoms with Crippen molar-refractivity contribution >= 4 is 0 Å². The van der Waals surface area contributed by atoms with Crippen LogP contribution in [0.25, 0.3) is 0 Å². The van der Waals surface area contributed by atoms with Gasteiger partial charge in [-0.25, -0.2) is 0 Å². The molecule has 0 aromatic rings. The van der Waals surface area contributed by atoms with Crippen LogP contribution in [0.3, 0.4) is 0 Å². The number of halogens is 2. The Morgan fingerprint density at radius 2 is 1.73 bits per heavy atom. The molecule has 0 bridgehead atoms. The predicted octanol–water partition coefficient (Wildman–Crippen LogP) is -2.31. The topological polar surface area (TPSA) is 0 Å². The van der Waals surface area contributed by atoms with E-state index in [4.69, 9.17) is 0 Å². The molecule has 15 heavy (non-hydrogen) atoms. The molecule has 3 heteroatoms. The molecule has 0 radical (unpaired) electrons. The van der Waals surface area contributed by atoms with E-state index in [-0.39, 0.29) is 24.8 Å². The maximum absolute atomic E-state index is 2.40. The fourth-order valence-electron chi connectivity index (χ4n) is 1.73. The Hall–Kier alpha value is 0.423. The van der Waals surface area contributed by atoms with Gasteiger partial charge in [-0.3, -0.25) is 0 Å². The largest absolute Gasteiger partial charge is 1.00 e. The molecule has 0 saturated heterocycles. The van der Waals surface area contributed by atoms with Crippen molar-refractivity contribution < 1.29 is 48.0 Å². The van der Waals surface area contributed by atoms with Crippen molar-refractivity contribution in [2.24, 2.45) is 0 Å². The smallest absolute Gasteiger partial charge is 1.00 e. The normalized spacial score (nSPS) is 26.9. The van der Waals surface area contributed by atoms with Gasteiger partial charge in [-0.05, 0) is 0 Å². The van der Waals surface area contributed by atoms with Gasteiger partial charge in [0.2, 0.25) is 0 Å². The van der Waals surface area contributed by atoms with Crippen LogP contribution in [0.4, 0.5) is 0 Å². The number of hydrogen-bond donors (Lipinski definition) is 0. The van der Waals surface area contributed by atoms with Crippen LogP contribution >= 0.6 is 0 Å². The van der Waals surface area contributed by atoms with Gasteiger partial charge in [0.1, 0.15) is 0 Å². The van der Waals surface area contributed by atoms with E-state index >= 15 is 0 Å². The van der Waals surface area contributed by atoms with Crippen LogP contribution < -0.4 is 24.8 Å². The van der Waals surface area contributed by atoms with Gasteiger partial charge in [0.05, 0.1) is 0 Å². The Bertz CT molecular complexity index is 317. The minimum absolute atomic E-state index is 0. The third kappa shape index (κ3) is 3.44. The average Bonchev–Trinajstić information content (AvgIpc) is 2.65. The summed E-state index contributed by atoms with van der Waals surface area (Å²) in [6, 6.07) is 0.